The largest absolute Gasteiger partial charge is 0.416 e. The first-order valence-electron chi connectivity index (χ1n) is 9.94. The molecule has 1 heterocycles. The summed E-state index contributed by atoms with van der Waals surface area (Å²) in [6.07, 6.45) is -2.87. The zero-order chi connectivity index (χ0) is 23.1. The smallest absolute Gasteiger partial charge is 0.398 e. The molecular weight excluding hydrogens is 429 g/mol. The van der Waals surface area contributed by atoms with E-state index in [-0.39, 0.29) is 17.2 Å². The number of benzene rings is 2. The number of nitrogen functional groups attached to an aromatic ring is 1. The van der Waals surface area contributed by atoms with Crippen molar-refractivity contribution in [2.45, 2.75) is 51.6 Å². The molecule has 0 spiro atoms. The molecule has 0 bridgehead atoms. The van der Waals surface area contributed by atoms with Crippen LogP contribution in [0, 0.1) is 0 Å². The summed E-state index contributed by atoms with van der Waals surface area (Å²) in [5, 5.41) is 0.906. The van der Waals surface area contributed by atoms with Gasteiger partial charge in [0.2, 0.25) is 0 Å². The zero-order valence-corrected chi connectivity index (χ0v) is 18.4. The molecule has 7 heteroatoms. The molecule has 0 aliphatic carbocycles. The van der Waals surface area contributed by atoms with Crippen molar-refractivity contribution in [3.63, 3.8) is 0 Å². The molecule has 2 N–H and O–H groups in total. The van der Waals surface area contributed by atoms with E-state index in [9.17, 15) is 22.0 Å². The molecule has 0 saturated heterocycles. The second-order valence-corrected chi connectivity index (χ2v) is 8.90. The summed E-state index contributed by atoms with van der Waals surface area (Å²) in [4.78, 5) is 0.875. The van der Waals surface area contributed by atoms with Crippen molar-refractivity contribution in [2.24, 2.45) is 0 Å². The van der Waals surface area contributed by atoms with Crippen LogP contribution >= 0.6 is 11.3 Å². The number of allylic oxidation sites excluding steroid dienone is 1. The van der Waals surface area contributed by atoms with Crippen LogP contribution in [-0.4, -0.2) is 0 Å². The number of thiophene rings is 1. The van der Waals surface area contributed by atoms with Crippen LogP contribution in [-0.2, 0) is 18.5 Å². The third kappa shape index (κ3) is 4.61. The first-order chi connectivity index (χ1) is 14.3. The van der Waals surface area contributed by atoms with Crippen LogP contribution in [0.4, 0.5) is 27.6 Å². The van der Waals surface area contributed by atoms with Crippen LogP contribution in [0.3, 0.4) is 0 Å². The molecule has 3 aromatic rings. The Morgan fingerprint density at radius 1 is 1.06 bits per heavy atom. The van der Waals surface area contributed by atoms with Crippen LogP contribution in [0.5, 0.6) is 0 Å². The zero-order valence-electron chi connectivity index (χ0n) is 17.5. The predicted octanol–water partition coefficient (Wildman–Crippen LogP) is 8.38. The van der Waals surface area contributed by atoms with Crippen LogP contribution in [0.1, 0.15) is 60.2 Å². The van der Waals surface area contributed by atoms with Crippen LogP contribution in [0.2, 0.25) is 0 Å². The van der Waals surface area contributed by atoms with Gasteiger partial charge in [0, 0.05) is 33.7 Å². The fourth-order valence-corrected chi connectivity index (χ4v) is 5.06. The molecule has 0 fully saturated rings. The van der Waals surface area contributed by atoms with E-state index in [0.717, 1.165) is 52.4 Å². The lowest BCUT2D eigenvalue weighted by molar-refractivity contribution is -0.137. The second-order valence-electron chi connectivity index (χ2n) is 7.85. The highest BCUT2D eigenvalue weighted by Crippen LogP contribution is 2.44. The van der Waals surface area contributed by atoms with E-state index in [1.54, 1.807) is 6.07 Å². The van der Waals surface area contributed by atoms with Gasteiger partial charge in [0.15, 0.2) is 0 Å². The van der Waals surface area contributed by atoms with Crippen molar-refractivity contribution in [3.8, 4) is 0 Å². The Bertz CT molecular complexity index is 1120. The van der Waals surface area contributed by atoms with Crippen LogP contribution < -0.4 is 5.73 Å². The highest BCUT2D eigenvalue weighted by molar-refractivity contribution is 7.20. The van der Waals surface area contributed by atoms with Crippen molar-refractivity contribution < 1.29 is 22.0 Å². The molecule has 31 heavy (non-hydrogen) atoms. The minimum Gasteiger partial charge on any atom is -0.398 e. The fraction of sp³-hybridized carbons (Fsp3) is 0.333. The fourth-order valence-electron chi connectivity index (χ4n) is 3.71. The Morgan fingerprint density at radius 2 is 1.71 bits per heavy atom. The molecular formula is C24H24F5NS. The monoisotopic (exact) mass is 453 g/mol. The maximum atomic E-state index is 13.8. The van der Waals surface area contributed by atoms with Gasteiger partial charge < -0.3 is 5.73 Å². The summed E-state index contributed by atoms with van der Waals surface area (Å²) >= 11 is 1.38. The minimum absolute atomic E-state index is 0.0505. The Hall–Kier alpha value is -2.41. The number of halogens is 5. The van der Waals surface area contributed by atoms with Crippen molar-refractivity contribution in [1.29, 1.82) is 0 Å². The number of nitrogens with two attached hydrogens (primary N) is 1. The highest BCUT2D eigenvalue weighted by Gasteiger charge is 2.31. The van der Waals surface area contributed by atoms with E-state index in [2.05, 4.69) is 6.58 Å². The van der Waals surface area contributed by atoms with Gasteiger partial charge in [-0.2, -0.15) is 13.2 Å². The Labute approximate surface area is 182 Å². The minimum atomic E-state index is -4.47. The van der Waals surface area contributed by atoms with Gasteiger partial charge in [0.25, 0.3) is 5.92 Å². The second kappa shape index (κ2) is 8.26. The molecule has 3 rings (SSSR count). The molecule has 1 aromatic heterocycles. The maximum Gasteiger partial charge on any atom is 0.416 e. The summed E-state index contributed by atoms with van der Waals surface area (Å²) in [6.45, 7) is 8.94. The lowest BCUT2D eigenvalue weighted by Crippen LogP contribution is -2.08. The normalized spacial score (nSPS) is 13.5. The number of hydrogen-bond acceptors (Lipinski definition) is 2. The van der Waals surface area contributed by atoms with Gasteiger partial charge in [0.1, 0.15) is 0 Å². The topological polar surface area (TPSA) is 26.0 Å². The number of fused-ring (bicyclic) bond motifs is 1. The molecule has 0 radical (unpaired) electrons. The lowest BCUT2D eigenvalue weighted by Gasteiger charge is -2.19. The summed E-state index contributed by atoms with van der Waals surface area (Å²) < 4.78 is 67.3. The van der Waals surface area contributed by atoms with Gasteiger partial charge in [-0.1, -0.05) is 45.0 Å². The van der Waals surface area contributed by atoms with Crippen molar-refractivity contribution in [3.05, 3.63) is 70.1 Å². The summed E-state index contributed by atoms with van der Waals surface area (Å²) in [5.74, 6) is -3.28. The Kier molecular flexibility index (Phi) is 6.20. The van der Waals surface area contributed by atoms with Crippen molar-refractivity contribution >= 4 is 32.7 Å². The highest BCUT2D eigenvalue weighted by atomic mass is 32.1. The van der Waals surface area contributed by atoms with E-state index < -0.39 is 17.7 Å². The van der Waals surface area contributed by atoms with Gasteiger partial charge in [-0.15, -0.1) is 11.3 Å². The van der Waals surface area contributed by atoms with Crippen molar-refractivity contribution in [2.75, 3.05) is 5.73 Å². The molecule has 0 amide bonds. The van der Waals surface area contributed by atoms with Crippen LogP contribution in [0.15, 0.2) is 43.0 Å². The van der Waals surface area contributed by atoms with Gasteiger partial charge in [-0.05, 0) is 46.7 Å². The molecule has 0 aliphatic heterocycles. The number of alkyl halides is 5. The SMILES string of the molecule is C=C(c1sc2cc(C(C)(F)F)ccc2c1CCC)C(C)c1ccc(C(F)(F)F)cc1N. The third-order valence-corrected chi connectivity index (χ3v) is 6.77. The number of hydrogen-bond donors (Lipinski definition) is 1. The van der Waals surface area contributed by atoms with E-state index in [1.807, 2.05) is 13.8 Å². The number of rotatable bonds is 6. The van der Waals surface area contributed by atoms with Gasteiger partial charge in [0.05, 0.1) is 5.56 Å². The van der Waals surface area contributed by atoms with Crippen molar-refractivity contribution in [1.82, 2.24) is 0 Å². The third-order valence-electron chi connectivity index (χ3n) is 5.49. The lowest BCUT2D eigenvalue weighted by atomic mass is 9.88. The Balaban J connectivity index is 2.05. The van der Waals surface area contributed by atoms with E-state index in [0.29, 0.717) is 11.1 Å². The van der Waals surface area contributed by atoms with E-state index in [4.69, 9.17) is 5.73 Å². The number of anilines is 1. The first kappa shape index (κ1) is 23.3. The average molecular weight is 454 g/mol. The summed E-state index contributed by atoms with van der Waals surface area (Å²) in [5.41, 5.74) is 7.44. The summed E-state index contributed by atoms with van der Waals surface area (Å²) in [6, 6.07) is 8.01. The average Bonchev–Trinajstić information content (AvgIpc) is 3.03. The van der Waals surface area contributed by atoms with Gasteiger partial charge in [-0.25, -0.2) is 8.78 Å². The molecule has 1 atom stereocenters. The standard InChI is InChI=1S/C24H24F5NS/c1-5-6-19-18-10-7-15(23(4,25)26)12-21(18)31-22(19)14(3)13(2)17-9-8-16(11-20(17)30)24(27,28)29/h7-13H,3,5-6,30H2,1-2,4H3. The summed E-state index contributed by atoms with van der Waals surface area (Å²) in [7, 11) is 0. The van der Waals surface area contributed by atoms with E-state index >= 15 is 0 Å². The molecule has 0 saturated carbocycles. The molecule has 1 nitrogen and oxygen atoms in total. The van der Waals surface area contributed by atoms with Gasteiger partial charge >= 0.3 is 6.18 Å². The van der Waals surface area contributed by atoms with Crippen LogP contribution in [0.25, 0.3) is 15.7 Å². The van der Waals surface area contributed by atoms with E-state index in [1.165, 1.54) is 29.5 Å². The molecule has 1 unspecified atom stereocenters. The maximum absolute atomic E-state index is 13.8. The molecule has 166 valence electrons. The first-order valence-corrected chi connectivity index (χ1v) is 10.8. The molecule has 0 aliphatic rings. The quantitative estimate of drug-likeness (QED) is 0.294. The van der Waals surface area contributed by atoms with Gasteiger partial charge in [-0.3, -0.25) is 0 Å². The number of aryl methyl sites for hydroxylation is 1. The Morgan fingerprint density at radius 3 is 2.26 bits per heavy atom. The predicted molar refractivity (Wildman–Crippen MR) is 119 cm³/mol. The molecule has 2 aromatic carbocycles.